The van der Waals surface area contributed by atoms with Gasteiger partial charge in [-0.15, -0.1) is 0 Å². The molecule has 0 radical (unpaired) electrons. The van der Waals surface area contributed by atoms with Crippen molar-refractivity contribution >= 4 is 17.8 Å². The van der Waals surface area contributed by atoms with E-state index < -0.39 is 0 Å². The highest BCUT2D eigenvalue weighted by Gasteiger charge is 2.23. The van der Waals surface area contributed by atoms with Crippen LogP contribution >= 0.6 is 0 Å². The molecule has 0 bridgehead atoms. The van der Waals surface area contributed by atoms with Crippen LogP contribution in [0.1, 0.15) is 18.1 Å². The molecule has 5 nitrogen and oxygen atoms in total. The van der Waals surface area contributed by atoms with Crippen LogP contribution in [0.25, 0.3) is 6.08 Å². The molecule has 122 valence electrons. The fourth-order valence-electron chi connectivity index (χ4n) is 2.46. The number of hydrogen-bond donors (Lipinski definition) is 1. The van der Waals surface area contributed by atoms with Gasteiger partial charge in [-0.05, 0) is 42.8 Å². The van der Waals surface area contributed by atoms with Crippen LogP contribution < -0.4 is 14.8 Å². The topological polar surface area (TPSA) is 59.9 Å². The van der Waals surface area contributed by atoms with Gasteiger partial charge in [0.15, 0.2) is 0 Å². The minimum atomic E-state index is -0.238. The van der Waals surface area contributed by atoms with Crippen molar-refractivity contribution < 1.29 is 14.3 Å². The van der Waals surface area contributed by atoms with E-state index in [0.717, 1.165) is 16.9 Å². The number of nitrogens with zero attached hydrogens (tertiary/aromatic N) is 1. The highest BCUT2D eigenvalue weighted by Crippen LogP contribution is 2.22. The predicted octanol–water partition coefficient (Wildman–Crippen LogP) is 3.01. The number of rotatable bonds is 5. The maximum atomic E-state index is 12.2. The fraction of sp³-hybridized carbons (Fsp3) is 0.158. The van der Waals surface area contributed by atoms with Gasteiger partial charge in [-0.25, -0.2) is 4.99 Å². The first-order valence-corrected chi connectivity index (χ1v) is 7.69. The van der Waals surface area contributed by atoms with E-state index in [1.807, 2.05) is 55.5 Å². The van der Waals surface area contributed by atoms with Crippen LogP contribution in [0.2, 0.25) is 0 Å². The SMILES string of the molecule is CCOc1cccc(/C=C2/N=C(c3ccccc3OC)NC2=O)c1. The van der Waals surface area contributed by atoms with Crippen molar-refractivity contribution in [2.45, 2.75) is 6.92 Å². The van der Waals surface area contributed by atoms with Gasteiger partial charge in [0.1, 0.15) is 23.0 Å². The quantitative estimate of drug-likeness (QED) is 0.861. The number of hydrogen-bond acceptors (Lipinski definition) is 4. The van der Waals surface area contributed by atoms with E-state index >= 15 is 0 Å². The van der Waals surface area contributed by atoms with Gasteiger partial charge in [-0.1, -0.05) is 24.3 Å². The molecule has 0 aromatic heterocycles. The molecular formula is C19H18N2O3. The van der Waals surface area contributed by atoms with Gasteiger partial charge in [-0.3, -0.25) is 4.79 Å². The Morgan fingerprint density at radius 2 is 2.00 bits per heavy atom. The number of carbonyl (C=O) groups excluding carboxylic acids is 1. The van der Waals surface area contributed by atoms with E-state index in [2.05, 4.69) is 10.3 Å². The van der Waals surface area contributed by atoms with Crippen LogP contribution in [0.3, 0.4) is 0 Å². The zero-order valence-electron chi connectivity index (χ0n) is 13.6. The molecule has 0 saturated carbocycles. The minimum Gasteiger partial charge on any atom is -0.496 e. The molecular weight excluding hydrogens is 304 g/mol. The second kappa shape index (κ2) is 7.00. The van der Waals surface area contributed by atoms with Gasteiger partial charge in [0.25, 0.3) is 5.91 Å². The molecule has 0 spiro atoms. The van der Waals surface area contributed by atoms with Crippen LogP contribution in [0.4, 0.5) is 0 Å². The van der Waals surface area contributed by atoms with E-state index in [-0.39, 0.29) is 5.91 Å². The molecule has 2 aromatic carbocycles. The predicted molar refractivity (Wildman–Crippen MR) is 93.3 cm³/mol. The zero-order valence-corrected chi connectivity index (χ0v) is 13.6. The number of ether oxygens (including phenoxy) is 2. The Labute approximate surface area is 140 Å². The Kier molecular flexibility index (Phi) is 4.61. The minimum absolute atomic E-state index is 0.238. The summed E-state index contributed by atoms with van der Waals surface area (Å²) in [7, 11) is 1.59. The van der Waals surface area contributed by atoms with Gasteiger partial charge in [-0.2, -0.15) is 0 Å². The number of para-hydroxylation sites is 1. The number of aliphatic imine (C=N–C) groups is 1. The Hall–Kier alpha value is -3.08. The molecule has 1 aliphatic heterocycles. The normalized spacial score (nSPS) is 15.2. The van der Waals surface area contributed by atoms with Gasteiger partial charge in [0.05, 0.1) is 19.3 Å². The van der Waals surface area contributed by atoms with E-state index in [1.54, 1.807) is 13.2 Å². The number of carbonyl (C=O) groups is 1. The molecule has 1 amide bonds. The van der Waals surface area contributed by atoms with Crippen LogP contribution in [0, 0.1) is 0 Å². The second-order valence-corrected chi connectivity index (χ2v) is 5.15. The average molecular weight is 322 g/mol. The number of nitrogens with one attached hydrogen (secondary N) is 1. The summed E-state index contributed by atoms with van der Waals surface area (Å²) in [6, 6.07) is 15.0. The molecule has 1 aliphatic rings. The van der Waals surface area contributed by atoms with Crippen molar-refractivity contribution in [3.63, 3.8) is 0 Å². The van der Waals surface area contributed by atoms with Crippen LogP contribution in [0.15, 0.2) is 59.2 Å². The number of methoxy groups -OCH3 is 1. The molecule has 1 N–H and O–H groups in total. The third-order valence-electron chi connectivity index (χ3n) is 3.53. The largest absolute Gasteiger partial charge is 0.496 e. The van der Waals surface area contributed by atoms with E-state index in [4.69, 9.17) is 9.47 Å². The lowest BCUT2D eigenvalue weighted by molar-refractivity contribution is -0.115. The lowest BCUT2D eigenvalue weighted by atomic mass is 10.2. The van der Waals surface area contributed by atoms with Gasteiger partial charge in [0, 0.05) is 0 Å². The molecule has 0 saturated heterocycles. The second-order valence-electron chi connectivity index (χ2n) is 5.15. The highest BCUT2D eigenvalue weighted by molar-refractivity contribution is 6.20. The Bertz CT molecular complexity index is 825. The fourth-order valence-corrected chi connectivity index (χ4v) is 2.46. The first kappa shape index (κ1) is 15.8. The third kappa shape index (κ3) is 3.30. The van der Waals surface area contributed by atoms with Gasteiger partial charge >= 0.3 is 0 Å². The third-order valence-corrected chi connectivity index (χ3v) is 3.53. The molecule has 3 rings (SSSR count). The van der Waals surface area contributed by atoms with Crippen molar-refractivity contribution in [3.05, 3.63) is 65.4 Å². The van der Waals surface area contributed by atoms with Gasteiger partial charge < -0.3 is 14.8 Å². The molecule has 2 aromatic rings. The molecule has 1 heterocycles. The molecule has 0 unspecified atom stereocenters. The summed E-state index contributed by atoms with van der Waals surface area (Å²) in [6.07, 6.45) is 1.74. The first-order chi connectivity index (χ1) is 11.7. The number of amides is 1. The lowest BCUT2D eigenvalue weighted by Gasteiger charge is -2.06. The molecule has 0 atom stereocenters. The maximum absolute atomic E-state index is 12.2. The van der Waals surface area contributed by atoms with Crippen LogP contribution in [-0.2, 0) is 4.79 Å². The van der Waals surface area contributed by atoms with E-state index in [0.29, 0.717) is 23.9 Å². The van der Waals surface area contributed by atoms with Crippen LogP contribution in [-0.4, -0.2) is 25.5 Å². The van der Waals surface area contributed by atoms with E-state index in [9.17, 15) is 4.79 Å². The molecule has 5 heteroatoms. The van der Waals surface area contributed by atoms with Crippen molar-refractivity contribution in [1.29, 1.82) is 0 Å². The summed E-state index contributed by atoms with van der Waals surface area (Å²) in [5.74, 6) is 1.68. The summed E-state index contributed by atoms with van der Waals surface area (Å²) in [5, 5.41) is 2.79. The van der Waals surface area contributed by atoms with Gasteiger partial charge in [0.2, 0.25) is 0 Å². The molecule has 0 aliphatic carbocycles. The Morgan fingerprint density at radius 3 is 2.79 bits per heavy atom. The number of amidine groups is 1. The summed E-state index contributed by atoms with van der Waals surface area (Å²) < 4.78 is 10.8. The first-order valence-electron chi connectivity index (χ1n) is 7.69. The van der Waals surface area contributed by atoms with Crippen molar-refractivity contribution in [2.24, 2.45) is 4.99 Å². The van der Waals surface area contributed by atoms with E-state index in [1.165, 1.54) is 0 Å². The maximum Gasteiger partial charge on any atom is 0.275 e. The average Bonchev–Trinajstić information content (AvgIpc) is 2.96. The summed E-state index contributed by atoms with van der Waals surface area (Å²) in [6.45, 7) is 2.52. The molecule has 24 heavy (non-hydrogen) atoms. The van der Waals surface area contributed by atoms with Crippen molar-refractivity contribution in [1.82, 2.24) is 5.32 Å². The smallest absolute Gasteiger partial charge is 0.275 e. The molecule has 0 fully saturated rings. The standard InChI is InChI=1S/C19H18N2O3/c1-3-24-14-8-6-7-13(11-14)12-16-19(22)21-18(20-16)15-9-4-5-10-17(15)23-2/h4-12H,3H2,1-2H3,(H,20,21,22)/b16-12+. The van der Waals surface area contributed by atoms with Crippen molar-refractivity contribution in [2.75, 3.05) is 13.7 Å². The number of benzene rings is 2. The van der Waals surface area contributed by atoms with Crippen molar-refractivity contribution in [3.8, 4) is 11.5 Å². The summed E-state index contributed by atoms with van der Waals surface area (Å²) >= 11 is 0. The summed E-state index contributed by atoms with van der Waals surface area (Å²) in [5.41, 5.74) is 1.96. The summed E-state index contributed by atoms with van der Waals surface area (Å²) in [4.78, 5) is 16.6. The Morgan fingerprint density at radius 1 is 1.17 bits per heavy atom. The monoisotopic (exact) mass is 322 g/mol. The lowest BCUT2D eigenvalue weighted by Crippen LogP contribution is -2.25. The Balaban J connectivity index is 1.93. The van der Waals surface area contributed by atoms with Crippen LogP contribution in [0.5, 0.6) is 11.5 Å². The highest BCUT2D eigenvalue weighted by atomic mass is 16.5. The zero-order chi connectivity index (χ0) is 16.9.